The number of carbonyl (C=O) groups excluding carboxylic acids is 2. The van der Waals surface area contributed by atoms with Gasteiger partial charge in [0.2, 0.25) is 0 Å². The molecule has 0 bridgehead atoms. The number of hydrogen-bond donors (Lipinski definition) is 4. The molecule has 2 aromatic heterocycles. The van der Waals surface area contributed by atoms with Crippen molar-refractivity contribution in [3.05, 3.63) is 87.9 Å². The summed E-state index contributed by atoms with van der Waals surface area (Å²) < 4.78 is 0. The molecule has 0 aliphatic heterocycles. The number of nitrogens with zero attached hydrogens (tertiary/aromatic N) is 1. The number of aromatic amines is 1. The Bertz CT molecular complexity index is 1340. The predicted molar refractivity (Wildman–Crippen MR) is 132 cm³/mol. The first-order valence-electron chi connectivity index (χ1n) is 11.2. The number of rotatable bonds is 7. The van der Waals surface area contributed by atoms with E-state index >= 15 is 0 Å². The summed E-state index contributed by atoms with van der Waals surface area (Å²) in [5, 5.41) is 23.4. The average molecular weight is 473 g/mol. The molecule has 34 heavy (non-hydrogen) atoms. The van der Waals surface area contributed by atoms with Crippen molar-refractivity contribution in [3.8, 4) is 17.0 Å². The van der Waals surface area contributed by atoms with Gasteiger partial charge in [0.1, 0.15) is 16.4 Å². The highest BCUT2D eigenvalue weighted by molar-refractivity contribution is 7.17. The van der Waals surface area contributed by atoms with Gasteiger partial charge >= 0.3 is 0 Å². The van der Waals surface area contributed by atoms with Gasteiger partial charge in [0.25, 0.3) is 11.8 Å². The van der Waals surface area contributed by atoms with E-state index < -0.39 is 0 Å². The Labute approximate surface area is 200 Å². The molecule has 0 saturated heterocycles. The molecule has 0 radical (unpaired) electrons. The molecule has 2 heterocycles. The van der Waals surface area contributed by atoms with Crippen LogP contribution in [0.2, 0.25) is 0 Å². The molecule has 2 aromatic carbocycles. The van der Waals surface area contributed by atoms with E-state index in [2.05, 4.69) is 20.8 Å². The first-order chi connectivity index (χ1) is 16.6. The smallest absolute Gasteiger partial charge is 0.274 e. The highest BCUT2D eigenvalue weighted by Crippen LogP contribution is 2.39. The van der Waals surface area contributed by atoms with Gasteiger partial charge in [-0.3, -0.25) is 14.7 Å². The van der Waals surface area contributed by atoms with Crippen molar-refractivity contribution in [2.24, 2.45) is 0 Å². The monoisotopic (exact) mass is 472 g/mol. The van der Waals surface area contributed by atoms with E-state index in [9.17, 15) is 14.7 Å². The van der Waals surface area contributed by atoms with Gasteiger partial charge in [0.15, 0.2) is 0 Å². The average Bonchev–Trinajstić information content (AvgIpc) is 3.56. The molecular formula is C26H24N4O3S. The van der Waals surface area contributed by atoms with Gasteiger partial charge in [-0.25, -0.2) is 0 Å². The molecule has 4 aromatic rings. The molecule has 0 spiro atoms. The zero-order valence-electron chi connectivity index (χ0n) is 18.4. The summed E-state index contributed by atoms with van der Waals surface area (Å²) in [5.41, 5.74) is 4.02. The number of phenols is 1. The summed E-state index contributed by atoms with van der Waals surface area (Å²) in [5.74, 6) is -0.456. The number of H-pyrrole nitrogens is 1. The number of carbonyl (C=O) groups is 2. The number of aromatic nitrogens is 2. The summed E-state index contributed by atoms with van der Waals surface area (Å²) in [7, 11) is 0. The lowest BCUT2D eigenvalue weighted by atomic mass is 10.1. The number of benzene rings is 2. The molecule has 2 amide bonds. The predicted octanol–water partition coefficient (Wildman–Crippen LogP) is 4.56. The molecule has 7 nitrogen and oxygen atoms in total. The molecule has 0 unspecified atom stereocenters. The van der Waals surface area contributed by atoms with Crippen molar-refractivity contribution in [1.29, 1.82) is 0 Å². The molecule has 172 valence electrons. The van der Waals surface area contributed by atoms with Crippen LogP contribution in [0.4, 0.5) is 5.00 Å². The molecule has 4 N–H and O–H groups in total. The van der Waals surface area contributed by atoms with Crippen LogP contribution in [-0.4, -0.2) is 33.7 Å². The molecule has 0 saturated carbocycles. The molecule has 1 aliphatic carbocycles. The van der Waals surface area contributed by atoms with Crippen LogP contribution in [-0.2, 0) is 19.3 Å². The third-order valence-corrected chi connectivity index (χ3v) is 7.13. The molecule has 8 heteroatoms. The van der Waals surface area contributed by atoms with Crippen LogP contribution >= 0.6 is 11.3 Å². The van der Waals surface area contributed by atoms with Crippen LogP contribution in [0.25, 0.3) is 11.3 Å². The quantitative estimate of drug-likeness (QED) is 0.316. The van der Waals surface area contributed by atoms with E-state index in [1.807, 2.05) is 30.3 Å². The highest BCUT2D eigenvalue weighted by Gasteiger charge is 2.28. The third-order valence-electron chi connectivity index (χ3n) is 5.92. The SMILES string of the molecule is O=C(Nc1sc2c(c1C(=O)NCCc1ccccc1)CCC2)c1cc(-c2ccccc2O)n[nH]1. The fourth-order valence-electron chi connectivity index (χ4n) is 4.22. The largest absolute Gasteiger partial charge is 0.507 e. The summed E-state index contributed by atoms with van der Waals surface area (Å²) in [6, 6.07) is 18.4. The highest BCUT2D eigenvalue weighted by atomic mass is 32.1. The number of fused-ring (bicyclic) bond motifs is 1. The van der Waals surface area contributed by atoms with Crippen LogP contribution in [0.3, 0.4) is 0 Å². The van der Waals surface area contributed by atoms with Crippen LogP contribution in [0.5, 0.6) is 5.75 Å². The Hall–Kier alpha value is -3.91. The first-order valence-corrected chi connectivity index (χ1v) is 12.0. The topological polar surface area (TPSA) is 107 Å². The Morgan fingerprint density at radius 3 is 2.65 bits per heavy atom. The zero-order valence-corrected chi connectivity index (χ0v) is 19.2. The lowest BCUT2D eigenvalue weighted by Gasteiger charge is -2.09. The Kier molecular flexibility index (Phi) is 6.14. The van der Waals surface area contributed by atoms with Gasteiger partial charge < -0.3 is 15.7 Å². The molecule has 0 fully saturated rings. The standard InChI is InChI=1S/C26H24N4O3S/c31-21-11-5-4-9-17(21)19-15-20(30-29-19)24(32)28-26-23(18-10-6-12-22(18)34-26)25(33)27-14-13-16-7-2-1-3-8-16/h1-5,7-9,11,15,31H,6,10,12-14H2,(H,27,33)(H,28,32)(H,29,30). The maximum absolute atomic E-state index is 13.1. The van der Waals surface area contributed by atoms with Crippen molar-refractivity contribution < 1.29 is 14.7 Å². The second-order valence-electron chi connectivity index (χ2n) is 8.19. The number of hydrogen-bond acceptors (Lipinski definition) is 5. The Balaban J connectivity index is 1.32. The number of anilines is 1. The number of para-hydroxylation sites is 1. The normalized spacial score (nSPS) is 12.4. The fraction of sp³-hybridized carbons (Fsp3) is 0.192. The minimum absolute atomic E-state index is 0.0881. The number of thiophene rings is 1. The summed E-state index contributed by atoms with van der Waals surface area (Å²) in [4.78, 5) is 27.2. The Morgan fingerprint density at radius 1 is 1.03 bits per heavy atom. The number of nitrogens with one attached hydrogen (secondary N) is 3. The van der Waals surface area contributed by atoms with Gasteiger partial charge in [-0.1, -0.05) is 42.5 Å². The zero-order chi connectivity index (χ0) is 23.5. The van der Waals surface area contributed by atoms with Crippen molar-refractivity contribution in [2.75, 3.05) is 11.9 Å². The van der Waals surface area contributed by atoms with Crippen LogP contribution in [0, 0.1) is 0 Å². The minimum Gasteiger partial charge on any atom is -0.507 e. The van der Waals surface area contributed by atoms with E-state index in [1.165, 1.54) is 11.3 Å². The third kappa shape index (κ3) is 4.45. The van der Waals surface area contributed by atoms with Crippen molar-refractivity contribution in [3.63, 3.8) is 0 Å². The summed E-state index contributed by atoms with van der Waals surface area (Å²) >= 11 is 1.47. The number of aromatic hydroxyl groups is 1. The minimum atomic E-state index is -0.382. The maximum atomic E-state index is 13.1. The van der Waals surface area contributed by atoms with Gasteiger partial charge in [-0.05, 0) is 55.0 Å². The fourth-order valence-corrected chi connectivity index (χ4v) is 5.50. The van der Waals surface area contributed by atoms with Gasteiger partial charge in [-0.2, -0.15) is 5.10 Å². The molecule has 0 atom stereocenters. The number of aryl methyl sites for hydroxylation is 1. The van der Waals surface area contributed by atoms with Gasteiger partial charge in [-0.15, -0.1) is 11.3 Å². The lowest BCUT2D eigenvalue weighted by molar-refractivity contribution is 0.0954. The second-order valence-corrected chi connectivity index (χ2v) is 9.30. The van der Waals surface area contributed by atoms with Crippen molar-refractivity contribution in [1.82, 2.24) is 15.5 Å². The van der Waals surface area contributed by atoms with Crippen LogP contribution in [0.15, 0.2) is 60.7 Å². The molecule has 5 rings (SSSR count). The van der Waals surface area contributed by atoms with Crippen LogP contribution in [0.1, 0.15) is 43.3 Å². The second kappa shape index (κ2) is 9.52. The lowest BCUT2D eigenvalue weighted by Crippen LogP contribution is -2.27. The summed E-state index contributed by atoms with van der Waals surface area (Å²) in [6.07, 6.45) is 3.51. The van der Waals surface area contributed by atoms with E-state index in [0.29, 0.717) is 28.4 Å². The number of phenolic OH excluding ortho intramolecular Hbond substituents is 1. The number of amides is 2. The maximum Gasteiger partial charge on any atom is 0.274 e. The van der Waals surface area contributed by atoms with E-state index in [4.69, 9.17) is 0 Å². The van der Waals surface area contributed by atoms with E-state index in [-0.39, 0.29) is 23.3 Å². The van der Waals surface area contributed by atoms with E-state index in [1.54, 1.807) is 30.3 Å². The first kappa shape index (κ1) is 21.9. The van der Waals surface area contributed by atoms with E-state index in [0.717, 1.165) is 41.7 Å². The summed E-state index contributed by atoms with van der Waals surface area (Å²) in [6.45, 7) is 0.519. The van der Waals surface area contributed by atoms with Gasteiger partial charge in [0, 0.05) is 17.0 Å². The Morgan fingerprint density at radius 2 is 1.82 bits per heavy atom. The molecule has 1 aliphatic rings. The van der Waals surface area contributed by atoms with Crippen molar-refractivity contribution in [2.45, 2.75) is 25.7 Å². The van der Waals surface area contributed by atoms with Crippen LogP contribution < -0.4 is 10.6 Å². The van der Waals surface area contributed by atoms with Crippen molar-refractivity contribution >= 4 is 28.2 Å². The molecular weight excluding hydrogens is 448 g/mol. The van der Waals surface area contributed by atoms with Gasteiger partial charge in [0.05, 0.1) is 11.3 Å².